The minimum absolute atomic E-state index is 0.0196. The van der Waals surface area contributed by atoms with E-state index in [1.165, 1.54) is 22.3 Å². The van der Waals surface area contributed by atoms with Crippen LogP contribution in [0.25, 0.3) is 0 Å². The molecule has 1 spiro atoms. The largest absolute Gasteiger partial charge is 0.489 e. The third-order valence-corrected chi connectivity index (χ3v) is 10.5. The van der Waals surface area contributed by atoms with Crippen molar-refractivity contribution in [2.24, 2.45) is 4.99 Å². The Morgan fingerprint density at radius 3 is 2.27 bits per heavy atom. The molecule has 262 valence electrons. The summed E-state index contributed by atoms with van der Waals surface area (Å²) in [6.07, 6.45) is -4.28. The van der Waals surface area contributed by atoms with Crippen molar-refractivity contribution in [3.63, 3.8) is 0 Å². The Kier molecular flexibility index (Phi) is 10.00. The van der Waals surface area contributed by atoms with Crippen LogP contribution in [0.3, 0.4) is 0 Å². The van der Waals surface area contributed by atoms with E-state index >= 15 is 0 Å². The maximum Gasteiger partial charge on any atom is 0.416 e. The monoisotopic (exact) mass is 699 g/mol. The number of piperidine rings is 1. The van der Waals surface area contributed by atoms with E-state index in [4.69, 9.17) is 9.47 Å². The zero-order valence-corrected chi connectivity index (χ0v) is 29.0. The summed E-state index contributed by atoms with van der Waals surface area (Å²) in [6, 6.07) is 17.3. The van der Waals surface area contributed by atoms with Crippen LogP contribution in [0.15, 0.2) is 71.7 Å². The fourth-order valence-corrected chi connectivity index (χ4v) is 7.45. The molecule has 0 N–H and O–H groups in total. The number of carbonyl (C=O) groups excluding carboxylic acids is 2. The number of rotatable bonds is 9. The predicted octanol–water partition coefficient (Wildman–Crippen LogP) is 6.17. The topological polar surface area (TPSA) is 106 Å². The van der Waals surface area contributed by atoms with Gasteiger partial charge in [-0.25, -0.2) is 17.5 Å². The second-order valence-corrected chi connectivity index (χ2v) is 15.5. The molecule has 13 heteroatoms. The number of ether oxygens (including phenoxy) is 2. The molecule has 5 rings (SSSR count). The molecule has 49 heavy (non-hydrogen) atoms. The van der Waals surface area contributed by atoms with Gasteiger partial charge in [0, 0.05) is 25.7 Å². The number of likely N-dealkylation sites (N-methyl/N-ethyl adjacent to an activating group) is 1. The highest BCUT2D eigenvalue weighted by atomic mass is 32.2. The molecule has 1 fully saturated rings. The van der Waals surface area contributed by atoms with Crippen LogP contribution in [0.5, 0.6) is 5.75 Å². The first-order valence-electron chi connectivity index (χ1n) is 15.9. The lowest BCUT2D eigenvalue weighted by Gasteiger charge is -2.35. The van der Waals surface area contributed by atoms with Gasteiger partial charge in [0.05, 0.1) is 16.9 Å². The van der Waals surface area contributed by atoms with Crippen molar-refractivity contribution in [2.75, 3.05) is 25.9 Å². The molecule has 3 aromatic rings. The van der Waals surface area contributed by atoms with Gasteiger partial charge in [-0.15, -0.1) is 0 Å². The summed E-state index contributed by atoms with van der Waals surface area (Å²) in [6.45, 7) is 7.25. The molecule has 0 aliphatic carbocycles. The Morgan fingerprint density at radius 2 is 1.65 bits per heavy atom. The van der Waals surface area contributed by atoms with Crippen molar-refractivity contribution in [3.05, 3.63) is 100 Å². The summed E-state index contributed by atoms with van der Waals surface area (Å²) in [5.74, 6) is -0.981. The van der Waals surface area contributed by atoms with E-state index in [0.717, 1.165) is 28.8 Å². The van der Waals surface area contributed by atoms with Gasteiger partial charge in [-0.3, -0.25) is 14.7 Å². The first-order valence-corrected chi connectivity index (χ1v) is 17.6. The van der Waals surface area contributed by atoms with E-state index in [2.05, 4.69) is 4.99 Å². The molecule has 9 nitrogen and oxygen atoms in total. The van der Waals surface area contributed by atoms with Gasteiger partial charge in [0.2, 0.25) is 10.0 Å². The van der Waals surface area contributed by atoms with Gasteiger partial charge in [-0.2, -0.15) is 13.2 Å². The maximum absolute atomic E-state index is 13.9. The van der Waals surface area contributed by atoms with Crippen LogP contribution in [0.1, 0.15) is 71.8 Å². The van der Waals surface area contributed by atoms with Crippen LogP contribution in [0.2, 0.25) is 0 Å². The molecular formula is C36H40F3N3O6S. The summed E-state index contributed by atoms with van der Waals surface area (Å²) in [5.41, 5.74) is -0.0903. The van der Waals surface area contributed by atoms with Gasteiger partial charge in [-0.1, -0.05) is 36.4 Å². The van der Waals surface area contributed by atoms with Crippen LogP contribution in [-0.4, -0.2) is 72.4 Å². The van der Waals surface area contributed by atoms with Crippen molar-refractivity contribution < 1.29 is 40.7 Å². The number of amides is 1. The minimum Gasteiger partial charge on any atom is -0.489 e. The van der Waals surface area contributed by atoms with Crippen molar-refractivity contribution in [3.8, 4) is 5.75 Å². The molecule has 0 radical (unpaired) electrons. The SMILES string of the molecule is Cc1cc(C(=O)OC(C)(C)C)ccc1CCS(=O)(=O)N1CCC2(CC1)N=C(c1cc(OCc3ccccc3)cc(C(F)(F)F)c1)N(C)C2=O. The summed E-state index contributed by atoms with van der Waals surface area (Å²) in [4.78, 5) is 31.9. The van der Waals surface area contributed by atoms with Crippen molar-refractivity contribution in [1.82, 2.24) is 9.21 Å². The van der Waals surface area contributed by atoms with Gasteiger partial charge >= 0.3 is 12.1 Å². The lowest BCUT2D eigenvalue weighted by molar-refractivity contribution is -0.137. The molecule has 1 amide bonds. The summed E-state index contributed by atoms with van der Waals surface area (Å²) >= 11 is 0. The quantitative estimate of drug-likeness (QED) is 0.248. The fraction of sp³-hybridized carbons (Fsp3) is 0.417. The van der Waals surface area contributed by atoms with Gasteiger partial charge in [-0.05, 0) is 94.0 Å². The third-order valence-electron chi connectivity index (χ3n) is 8.63. The van der Waals surface area contributed by atoms with E-state index in [0.29, 0.717) is 5.56 Å². The van der Waals surface area contributed by atoms with E-state index in [1.54, 1.807) is 70.2 Å². The first-order chi connectivity index (χ1) is 22.9. The number of nitrogens with zero attached hydrogens (tertiary/aromatic N) is 3. The predicted molar refractivity (Wildman–Crippen MR) is 179 cm³/mol. The number of amidine groups is 1. The molecule has 0 bridgehead atoms. The lowest BCUT2D eigenvalue weighted by atomic mass is 9.89. The number of sulfonamides is 1. The highest BCUT2D eigenvalue weighted by molar-refractivity contribution is 7.89. The van der Waals surface area contributed by atoms with E-state index < -0.39 is 44.8 Å². The number of halogens is 3. The van der Waals surface area contributed by atoms with E-state index in [9.17, 15) is 31.2 Å². The minimum atomic E-state index is -4.67. The Balaban J connectivity index is 1.28. The Bertz CT molecular complexity index is 1860. The van der Waals surface area contributed by atoms with Crippen LogP contribution in [-0.2, 0) is 38.8 Å². The van der Waals surface area contributed by atoms with Crippen LogP contribution >= 0.6 is 0 Å². The highest BCUT2D eigenvalue weighted by Crippen LogP contribution is 2.38. The zero-order chi connectivity index (χ0) is 35.8. The Hall–Kier alpha value is -4.23. The number of alkyl halides is 3. The molecule has 2 aliphatic rings. The average molecular weight is 700 g/mol. The van der Waals surface area contributed by atoms with Crippen molar-refractivity contribution >= 4 is 27.7 Å². The third kappa shape index (κ3) is 8.33. The molecule has 1 saturated heterocycles. The van der Waals surface area contributed by atoms with Gasteiger partial charge < -0.3 is 9.47 Å². The highest BCUT2D eigenvalue weighted by Gasteiger charge is 2.50. The molecule has 2 heterocycles. The van der Waals surface area contributed by atoms with Crippen LogP contribution in [0, 0.1) is 6.92 Å². The van der Waals surface area contributed by atoms with Crippen molar-refractivity contribution in [2.45, 2.75) is 70.9 Å². The number of aliphatic imine (C=N–C) groups is 1. The summed E-state index contributed by atoms with van der Waals surface area (Å²) in [7, 11) is -2.26. The van der Waals surface area contributed by atoms with Gasteiger partial charge in [0.15, 0.2) is 0 Å². The molecule has 0 aromatic heterocycles. The lowest BCUT2D eigenvalue weighted by Crippen LogP contribution is -2.51. The normalized spacial score (nSPS) is 16.9. The summed E-state index contributed by atoms with van der Waals surface area (Å²) < 4.78 is 81.0. The second-order valence-electron chi connectivity index (χ2n) is 13.5. The maximum atomic E-state index is 13.9. The number of aryl methyl sites for hydroxylation is 2. The van der Waals surface area contributed by atoms with Gasteiger partial charge in [0.1, 0.15) is 29.3 Å². The van der Waals surface area contributed by atoms with Crippen molar-refractivity contribution in [1.29, 1.82) is 0 Å². The number of esters is 1. The standard InChI is InChI=1S/C36H40F3N3O6S/c1-24-19-27(32(43)48-34(2,3)4)12-11-26(24)13-18-49(45,46)42-16-14-35(15-17-42)33(44)41(5)31(40-35)28-20-29(36(37,38)39)22-30(21-28)47-23-25-9-7-6-8-10-25/h6-12,19-22H,13-18,23H2,1-5H3. The van der Waals surface area contributed by atoms with Crippen LogP contribution in [0.4, 0.5) is 13.2 Å². The second kappa shape index (κ2) is 13.6. The smallest absolute Gasteiger partial charge is 0.416 e. The number of carbonyl (C=O) groups is 2. The number of hydrogen-bond donors (Lipinski definition) is 0. The van der Waals surface area contributed by atoms with E-state index in [1.807, 2.05) is 6.07 Å². The molecule has 0 unspecified atom stereocenters. The molecular weight excluding hydrogens is 659 g/mol. The molecule has 2 aliphatic heterocycles. The molecule has 3 aromatic carbocycles. The fourth-order valence-electron chi connectivity index (χ4n) is 5.98. The molecule has 0 saturated carbocycles. The average Bonchev–Trinajstić information content (AvgIpc) is 3.27. The van der Waals surface area contributed by atoms with E-state index in [-0.39, 0.29) is 61.9 Å². The Labute approximate surface area is 284 Å². The van der Waals surface area contributed by atoms with Gasteiger partial charge in [0.25, 0.3) is 5.91 Å². The number of benzene rings is 3. The summed E-state index contributed by atoms with van der Waals surface area (Å²) in [5, 5.41) is 0. The molecule has 0 atom stereocenters. The number of hydrogen-bond acceptors (Lipinski definition) is 7. The first kappa shape index (κ1) is 36.1. The van der Waals surface area contributed by atoms with Crippen LogP contribution < -0.4 is 4.74 Å². The zero-order valence-electron chi connectivity index (χ0n) is 28.1. The Morgan fingerprint density at radius 1 is 0.980 bits per heavy atom.